The molecule has 1 aromatic rings. The van der Waals surface area contributed by atoms with Gasteiger partial charge in [0.25, 0.3) is 0 Å². The molecule has 1 amide bonds. The molecule has 0 aliphatic carbocycles. The van der Waals surface area contributed by atoms with Gasteiger partial charge in [-0.3, -0.25) is 4.79 Å². The summed E-state index contributed by atoms with van der Waals surface area (Å²) in [5.41, 5.74) is 2.12. The fraction of sp³-hybridized carbons (Fsp3) is 0.500. The highest BCUT2D eigenvalue weighted by Gasteiger charge is 1.96. The van der Waals surface area contributed by atoms with Crippen LogP contribution < -0.4 is 16.0 Å². The summed E-state index contributed by atoms with van der Waals surface area (Å²) in [7, 11) is 0. The third-order valence-electron chi connectivity index (χ3n) is 2.98. The highest BCUT2D eigenvalue weighted by atomic mass is 16.1. The molecule has 0 saturated heterocycles. The van der Waals surface area contributed by atoms with Crippen LogP contribution in [0.5, 0.6) is 0 Å². The van der Waals surface area contributed by atoms with Crippen LogP contribution in [0.25, 0.3) is 0 Å². The van der Waals surface area contributed by atoms with Gasteiger partial charge in [-0.2, -0.15) is 0 Å². The first-order valence-electron chi connectivity index (χ1n) is 7.39. The van der Waals surface area contributed by atoms with Crippen LogP contribution >= 0.6 is 0 Å². The van der Waals surface area contributed by atoms with Crippen LogP contribution in [0.3, 0.4) is 0 Å². The van der Waals surface area contributed by atoms with E-state index in [1.54, 1.807) is 6.92 Å². The molecule has 1 rings (SSSR count). The van der Waals surface area contributed by atoms with Crippen LogP contribution in [0.2, 0.25) is 0 Å². The maximum atomic E-state index is 10.8. The monoisotopic (exact) mass is 291 g/mol. The third kappa shape index (κ3) is 8.68. The number of carbonyl (C=O) groups is 2. The summed E-state index contributed by atoms with van der Waals surface area (Å²) in [6.07, 6.45) is 2.38. The number of rotatable bonds is 10. The zero-order valence-corrected chi connectivity index (χ0v) is 12.9. The van der Waals surface area contributed by atoms with Crippen molar-refractivity contribution in [2.45, 2.75) is 33.1 Å². The van der Waals surface area contributed by atoms with Crippen molar-refractivity contribution >= 4 is 23.1 Å². The second-order valence-electron chi connectivity index (χ2n) is 5.07. The van der Waals surface area contributed by atoms with Gasteiger partial charge in [0.15, 0.2) is 0 Å². The molecule has 0 heterocycles. The fourth-order valence-electron chi connectivity index (χ4n) is 1.86. The first kappa shape index (κ1) is 17.0. The van der Waals surface area contributed by atoms with E-state index in [1.807, 2.05) is 24.3 Å². The first-order chi connectivity index (χ1) is 10.1. The van der Waals surface area contributed by atoms with Crippen LogP contribution in [0.4, 0.5) is 11.4 Å². The highest BCUT2D eigenvalue weighted by Crippen LogP contribution is 2.13. The molecule has 1 aromatic carbocycles. The van der Waals surface area contributed by atoms with Crippen LogP contribution in [0.1, 0.15) is 33.1 Å². The smallest absolute Gasteiger partial charge is 0.216 e. The van der Waals surface area contributed by atoms with E-state index in [-0.39, 0.29) is 11.7 Å². The lowest BCUT2D eigenvalue weighted by molar-refractivity contribution is -0.119. The Kier molecular flexibility index (Phi) is 7.94. The van der Waals surface area contributed by atoms with Gasteiger partial charge in [0, 0.05) is 44.4 Å². The van der Waals surface area contributed by atoms with E-state index >= 15 is 0 Å². The van der Waals surface area contributed by atoms with E-state index < -0.39 is 0 Å². The van der Waals surface area contributed by atoms with Crippen molar-refractivity contribution in [1.29, 1.82) is 0 Å². The lowest BCUT2D eigenvalue weighted by Gasteiger charge is -2.09. The largest absolute Gasteiger partial charge is 0.385 e. The van der Waals surface area contributed by atoms with Gasteiger partial charge in [0.2, 0.25) is 5.91 Å². The van der Waals surface area contributed by atoms with Gasteiger partial charge in [-0.25, -0.2) is 0 Å². The van der Waals surface area contributed by atoms with E-state index in [2.05, 4.69) is 16.0 Å². The minimum absolute atomic E-state index is 0.00944. The Balaban J connectivity index is 2.18. The van der Waals surface area contributed by atoms with Crippen molar-refractivity contribution in [2.24, 2.45) is 0 Å². The zero-order chi connectivity index (χ0) is 15.5. The molecule has 0 radical (unpaired) electrons. The van der Waals surface area contributed by atoms with Gasteiger partial charge in [-0.15, -0.1) is 0 Å². The molecule has 0 bridgehead atoms. The maximum Gasteiger partial charge on any atom is 0.216 e. The third-order valence-corrected chi connectivity index (χ3v) is 2.98. The predicted molar refractivity (Wildman–Crippen MR) is 86.6 cm³/mol. The Morgan fingerprint density at radius 1 is 0.857 bits per heavy atom. The molecule has 0 saturated carbocycles. The second kappa shape index (κ2) is 9.80. The van der Waals surface area contributed by atoms with Crippen molar-refractivity contribution in [2.75, 3.05) is 30.3 Å². The summed E-state index contributed by atoms with van der Waals surface area (Å²) in [5.74, 6) is 0.241. The summed E-state index contributed by atoms with van der Waals surface area (Å²) < 4.78 is 0. The Labute approximate surface area is 126 Å². The average molecular weight is 291 g/mol. The van der Waals surface area contributed by atoms with Crippen molar-refractivity contribution in [3.05, 3.63) is 24.3 Å². The lowest BCUT2D eigenvalue weighted by atomic mass is 10.2. The number of Topliss-reactive ketones (excluding diaryl/α,β-unsaturated/α-hetero) is 1. The van der Waals surface area contributed by atoms with Crippen molar-refractivity contribution in [1.82, 2.24) is 5.32 Å². The van der Waals surface area contributed by atoms with Gasteiger partial charge in [-0.1, -0.05) is 0 Å². The Morgan fingerprint density at radius 3 is 1.86 bits per heavy atom. The lowest BCUT2D eigenvalue weighted by Crippen LogP contribution is -2.22. The van der Waals surface area contributed by atoms with E-state index in [9.17, 15) is 9.59 Å². The first-order valence-corrected chi connectivity index (χ1v) is 7.39. The summed E-state index contributed by atoms with van der Waals surface area (Å²) in [6, 6.07) is 8.07. The van der Waals surface area contributed by atoms with E-state index in [1.165, 1.54) is 6.92 Å². The van der Waals surface area contributed by atoms with Gasteiger partial charge in [-0.05, 0) is 44.0 Å². The second-order valence-corrected chi connectivity index (χ2v) is 5.07. The summed E-state index contributed by atoms with van der Waals surface area (Å²) >= 11 is 0. The quantitative estimate of drug-likeness (QED) is 0.579. The molecule has 21 heavy (non-hydrogen) atoms. The maximum absolute atomic E-state index is 10.8. The molecule has 5 heteroatoms. The molecular weight excluding hydrogens is 266 g/mol. The fourth-order valence-corrected chi connectivity index (χ4v) is 1.86. The Hall–Kier alpha value is -2.04. The molecule has 0 aromatic heterocycles. The van der Waals surface area contributed by atoms with Gasteiger partial charge >= 0.3 is 0 Å². The number of carbonyl (C=O) groups excluding carboxylic acids is 2. The predicted octanol–water partition coefficient (Wildman–Crippen LogP) is 2.41. The van der Waals surface area contributed by atoms with Gasteiger partial charge < -0.3 is 20.7 Å². The summed E-state index contributed by atoms with van der Waals surface area (Å²) in [4.78, 5) is 21.5. The molecule has 116 valence electrons. The standard InChI is InChI=1S/C16H25N3O2/c1-13(20)5-3-10-18-15-6-8-16(9-7-15)19-12-4-11-17-14(2)21/h6-9,18-19H,3-5,10-12H2,1-2H3,(H,17,21). The number of benzene rings is 1. The minimum atomic E-state index is 0.00944. The summed E-state index contributed by atoms with van der Waals surface area (Å²) in [6.45, 7) is 5.47. The topological polar surface area (TPSA) is 70.2 Å². The molecule has 0 atom stereocenters. The molecular formula is C16H25N3O2. The van der Waals surface area contributed by atoms with Gasteiger partial charge in [0.1, 0.15) is 5.78 Å². The van der Waals surface area contributed by atoms with Crippen molar-refractivity contribution < 1.29 is 9.59 Å². The Bertz CT molecular complexity index is 443. The molecule has 0 aliphatic rings. The number of anilines is 2. The van der Waals surface area contributed by atoms with Crippen LogP contribution in [-0.2, 0) is 9.59 Å². The van der Waals surface area contributed by atoms with Crippen LogP contribution in [-0.4, -0.2) is 31.3 Å². The number of amides is 1. The molecule has 0 fully saturated rings. The SMILES string of the molecule is CC(=O)CCCNc1ccc(NCCCNC(C)=O)cc1. The number of hydrogen-bond acceptors (Lipinski definition) is 4. The molecule has 0 aliphatic heterocycles. The number of hydrogen-bond donors (Lipinski definition) is 3. The number of nitrogens with one attached hydrogen (secondary N) is 3. The minimum Gasteiger partial charge on any atom is -0.385 e. The van der Waals surface area contributed by atoms with Gasteiger partial charge in [0.05, 0.1) is 0 Å². The molecule has 5 nitrogen and oxygen atoms in total. The number of ketones is 1. The molecule has 0 spiro atoms. The molecule has 0 unspecified atom stereocenters. The normalized spacial score (nSPS) is 10.0. The average Bonchev–Trinajstić information content (AvgIpc) is 2.44. The molecule has 3 N–H and O–H groups in total. The van der Waals surface area contributed by atoms with E-state index in [4.69, 9.17) is 0 Å². The zero-order valence-electron chi connectivity index (χ0n) is 12.9. The summed E-state index contributed by atoms with van der Waals surface area (Å²) in [5, 5.41) is 9.36. The van der Waals surface area contributed by atoms with Crippen molar-refractivity contribution in [3.63, 3.8) is 0 Å². The van der Waals surface area contributed by atoms with Crippen LogP contribution in [0.15, 0.2) is 24.3 Å². The van der Waals surface area contributed by atoms with E-state index in [0.717, 1.165) is 37.3 Å². The highest BCUT2D eigenvalue weighted by molar-refractivity contribution is 5.75. The Morgan fingerprint density at radius 2 is 1.38 bits per heavy atom. The van der Waals surface area contributed by atoms with Crippen LogP contribution in [0, 0.1) is 0 Å². The van der Waals surface area contributed by atoms with Crippen molar-refractivity contribution in [3.8, 4) is 0 Å². The van der Waals surface area contributed by atoms with E-state index in [0.29, 0.717) is 13.0 Å².